The predicted octanol–water partition coefficient (Wildman–Crippen LogP) is 1.47. The first-order valence-corrected chi connectivity index (χ1v) is 10.5. The van der Waals surface area contributed by atoms with E-state index in [1.54, 1.807) is 4.90 Å². The molecule has 2 aromatic heterocycles. The van der Waals surface area contributed by atoms with Crippen LogP contribution in [-0.2, 0) is 16.0 Å². The molecule has 0 aromatic carbocycles. The number of nitrogens with one attached hydrogen (secondary N) is 2. The Morgan fingerprint density at radius 2 is 2.07 bits per heavy atom. The number of piperidine rings is 1. The second-order valence-corrected chi connectivity index (χ2v) is 7.87. The van der Waals surface area contributed by atoms with Gasteiger partial charge in [-0.05, 0) is 25.7 Å². The fourth-order valence-corrected chi connectivity index (χ4v) is 4.12. The summed E-state index contributed by atoms with van der Waals surface area (Å²) in [5, 5.41) is 13.5. The second kappa shape index (κ2) is 9.15. The molecular formula is C19H27N7O3. The van der Waals surface area contributed by atoms with Gasteiger partial charge in [-0.15, -0.1) is 0 Å². The minimum Gasteiger partial charge on any atom is -0.353 e. The molecule has 2 aliphatic rings. The van der Waals surface area contributed by atoms with Crippen LogP contribution < -0.4 is 5.32 Å². The molecule has 1 unspecified atom stereocenters. The van der Waals surface area contributed by atoms with E-state index in [1.165, 1.54) is 25.6 Å². The smallest absolute Gasteiger partial charge is 0.239 e. The quantitative estimate of drug-likeness (QED) is 0.749. The molecule has 1 saturated heterocycles. The zero-order valence-corrected chi connectivity index (χ0v) is 16.5. The molecule has 0 radical (unpaired) electrons. The molecule has 156 valence electrons. The van der Waals surface area contributed by atoms with E-state index >= 15 is 0 Å². The summed E-state index contributed by atoms with van der Waals surface area (Å²) < 4.78 is 5.19. The Hall–Kier alpha value is -2.78. The largest absolute Gasteiger partial charge is 0.353 e. The van der Waals surface area contributed by atoms with Crippen molar-refractivity contribution in [2.75, 3.05) is 13.1 Å². The van der Waals surface area contributed by atoms with Gasteiger partial charge in [-0.1, -0.05) is 24.4 Å². The fourth-order valence-electron chi connectivity index (χ4n) is 4.12. The van der Waals surface area contributed by atoms with Crippen LogP contribution in [0.3, 0.4) is 0 Å². The van der Waals surface area contributed by atoms with E-state index in [2.05, 4.69) is 30.6 Å². The van der Waals surface area contributed by atoms with E-state index in [9.17, 15) is 9.59 Å². The zero-order valence-electron chi connectivity index (χ0n) is 16.5. The molecule has 2 N–H and O–H groups in total. The molecule has 0 bridgehead atoms. The normalized spacial score (nSPS) is 20.6. The highest BCUT2D eigenvalue weighted by Crippen LogP contribution is 2.21. The monoisotopic (exact) mass is 401 g/mol. The molecule has 1 saturated carbocycles. The number of amides is 2. The Kier molecular flexibility index (Phi) is 6.16. The molecule has 2 aromatic rings. The zero-order chi connectivity index (χ0) is 20.1. The van der Waals surface area contributed by atoms with Crippen LogP contribution in [0.5, 0.6) is 0 Å². The summed E-state index contributed by atoms with van der Waals surface area (Å²) in [7, 11) is 0. The van der Waals surface area contributed by atoms with Gasteiger partial charge in [0.15, 0.2) is 5.82 Å². The first-order chi connectivity index (χ1) is 14.2. The van der Waals surface area contributed by atoms with Crippen molar-refractivity contribution in [3.8, 4) is 11.6 Å². The number of hydrogen-bond acceptors (Lipinski definition) is 7. The number of carbonyl (C=O) groups excluding carboxylic acids is 2. The van der Waals surface area contributed by atoms with Crippen molar-refractivity contribution < 1.29 is 14.1 Å². The van der Waals surface area contributed by atoms with Crippen LogP contribution in [0.2, 0.25) is 0 Å². The highest BCUT2D eigenvalue weighted by atomic mass is 16.5. The third kappa shape index (κ3) is 4.99. The number of hydrogen-bond donors (Lipinski definition) is 2. The Bertz CT molecular complexity index is 814. The summed E-state index contributed by atoms with van der Waals surface area (Å²) in [6.07, 6.45) is 9.47. The summed E-state index contributed by atoms with van der Waals surface area (Å²) >= 11 is 0. The average molecular weight is 401 g/mol. The summed E-state index contributed by atoms with van der Waals surface area (Å²) in [6, 6.07) is 0.304. The van der Waals surface area contributed by atoms with Gasteiger partial charge >= 0.3 is 0 Å². The Morgan fingerprint density at radius 3 is 2.86 bits per heavy atom. The van der Waals surface area contributed by atoms with Gasteiger partial charge in [0.2, 0.25) is 23.5 Å². The maximum atomic E-state index is 12.6. The topological polar surface area (TPSA) is 130 Å². The first-order valence-electron chi connectivity index (χ1n) is 10.5. The Balaban J connectivity index is 1.25. The highest BCUT2D eigenvalue weighted by Gasteiger charge is 2.29. The molecule has 10 heteroatoms. The molecule has 1 aliphatic carbocycles. The second-order valence-electron chi connectivity index (χ2n) is 7.87. The summed E-state index contributed by atoms with van der Waals surface area (Å²) in [6.45, 7) is 1.18. The third-order valence-corrected chi connectivity index (χ3v) is 5.74. The number of carbonyl (C=O) groups is 2. The molecule has 2 amide bonds. The van der Waals surface area contributed by atoms with Crippen molar-refractivity contribution >= 4 is 11.8 Å². The Labute approximate surface area is 168 Å². The van der Waals surface area contributed by atoms with Crippen molar-refractivity contribution in [2.45, 2.75) is 63.8 Å². The summed E-state index contributed by atoms with van der Waals surface area (Å²) in [4.78, 5) is 35.3. The lowest BCUT2D eigenvalue weighted by molar-refractivity contribution is -0.136. The predicted molar refractivity (Wildman–Crippen MR) is 102 cm³/mol. The Morgan fingerprint density at radius 1 is 1.21 bits per heavy atom. The third-order valence-electron chi connectivity index (χ3n) is 5.74. The van der Waals surface area contributed by atoms with E-state index in [1.807, 2.05) is 0 Å². The molecule has 1 aliphatic heterocycles. The van der Waals surface area contributed by atoms with Gasteiger partial charge in [0, 0.05) is 32.0 Å². The van der Waals surface area contributed by atoms with Gasteiger partial charge in [-0.25, -0.2) is 4.98 Å². The minimum atomic E-state index is -0.115. The van der Waals surface area contributed by atoms with Crippen LogP contribution in [0, 0.1) is 5.92 Å². The number of aryl methyl sites for hydroxylation is 1. The molecule has 0 spiro atoms. The van der Waals surface area contributed by atoms with E-state index in [0.717, 1.165) is 25.7 Å². The summed E-state index contributed by atoms with van der Waals surface area (Å²) in [5.74, 6) is 1.13. The summed E-state index contributed by atoms with van der Waals surface area (Å²) in [5.41, 5.74) is 0. The van der Waals surface area contributed by atoms with Gasteiger partial charge in [0.1, 0.15) is 6.33 Å². The lowest BCUT2D eigenvalue weighted by Crippen LogP contribution is -2.48. The number of rotatable bonds is 6. The van der Waals surface area contributed by atoms with Gasteiger partial charge in [-0.3, -0.25) is 14.7 Å². The van der Waals surface area contributed by atoms with Gasteiger partial charge < -0.3 is 14.7 Å². The molecule has 2 fully saturated rings. The number of H-pyrrole nitrogens is 1. The lowest BCUT2D eigenvalue weighted by Gasteiger charge is -2.33. The van der Waals surface area contributed by atoms with Crippen molar-refractivity contribution in [1.82, 2.24) is 35.5 Å². The van der Waals surface area contributed by atoms with Crippen molar-refractivity contribution in [3.63, 3.8) is 0 Å². The van der Waals surface area contributed by atoms with E-state index in [0.29, 0.717) is 43.1 Å². The number of nitrogens with zero attached hydrogens (tertiary/aromatic N) is 5. The van der Waals surface area contributed by atoms with Crippen LogP contribution in [0.25, 0.3) is 11.6 Å². The molecule has 3 heterocycles. The first kappa shape index (κ1) is 19.5. The van der Waals surface area contributed by atoms with Crippen LogP contribution in [0.1, 0.15) is 57.3 Å². The average Bonchev–Trinajstić information content (AvgIpc) is 3.45. The maximum Gasteiger partial charge on any atom is 0.239 e. The fraction of sp³-hybridized carbons (Fsp3) is 0.684. The van der Waals surface area contributed by atoms with Crippen molar-refractivity contribution in [1.29, 1.82) is 0 Å². The SMILES string of the molecule is O=C(NC1CCCCC1)C1CCCN(C(=O)CCc2nc(-c3ncn[nH]3)no2)C1. The number of aromatic nitrogens is 5. The lowest BCUT2D eigenvalue weighted by atomic mass is 9.93. The van der Waals surface area contributed by atoms with Gasteiger partial charge in [0.25, 0.3) is 0 Å². The van der Waals surface area contributed by atoms with E-state index in [-0.39, 0.29) is 24.2 Å². The van der Waals surface area contributed by atoms with Crippen LogP contribution in [0.15, 0.2) is 10.9 Å². The van der Waals surface area contributed by atoms with Crippen LogP contribution >= 0.6 is 0 Å². The molecule has 1 atom stereocenters. The van der Waals surface area contributed by atoms with Crippen molar-refractivity contribution in [3.05, 3.63) is 12.2 Å². The van der Waals surface area contributed by atoms with Gasteiger partial charge in [-0.2, -0.15) is 10.1 Å². The van der Waals surface area contributed by atoms with Crippen LogP contribution in [0.4, 0.5) is 0 Å². The molecule has 4 rings (SSSR count). The maximum absolute atomic E-state index is 12.6. The highest BCUT2D eigenvalue weighted by molar-refractivity contribution is 5.81. The van der Waals surface area contributed by atoms with Crippen molar-refractivity contribution in [2.24, 2.45) is 5.92 Å². The van der Waals surface area contributed by atoms with Crippen LogP contribution in [-0.4, -0.2) is 61.2 Å². The molecule has 29 heavy (non-hydrogen) atoms. The molecule has 10 nitrogen and oxygen atoms in total. The number of likely N-dealkylation sites (tertiary alicyclic amines) is 1. The van der Waals surface area contributed by atoms with E-state index < -0.39 is 0 Å². The standard InChI is InChI=1S/C19H27N7O3/c27-16(9-8-15-23-18(25-29-15)17-20-12-21-24-17)26-10-4-5-13(11-26)19(28)22-14-6-2-1-3-7-14/h12-14H,1-11H2,(H,22,28)(H,20,21,24). The van der Waals surface area contributed by atoms with E-state index in [4.69, 9.17) is 4.52 Å². The number of aromatic amines is 1. The minimum absolute atomic E-state index is 0.0135. The molecular weight excluding hydrogens is 374 g/mol. The van der Waals surface area contributed by atoms with Gasteiger partial charge in [0.05, 0.1) is 5.92 Å².